The Labute approximate surface area is 128 Å². The van der Waals surface area contributed by atoms with Crippen LogP contribution < -0.4 is 10.1 Å². The van der Waals surface area contributed by atoms with E-state index in [1.165, 1.54) is 11.8 Å². The molecular weight excluding hydrogens is 282 g/mol. The molecule has 0 aliphatic carbocycles. The van der Waals surface area contributed by atoms with Crippen molar-refractivity contribution >= 4 is 22.6 Å². The summed E-state index contributed by atoms with van der Waals surface area (Å²) in [7, 11) is 0. The Kier molecular flexibility index (Phi) is 5.24. The molecule has 0 unspecified atom stereocenters. The normalized spacial score (nSPS) is 10.8. The van der Waals surface area contributed by atoms with E-state index in [1.807, 2.05) is 67.9 Å². The first-order valence-electron chi connectivity index (χ1n) is 6.34. The molecule has 0 aliphatic heterocycles. The van der Waals surface area contributed by atoms with Crippen molar-refractivity contribution in [3.05, 3.63) is 54.1 Å². The number of thioether (sulfide) groups is 1. The van der Waals surface area contributed by atoms with Crippen LogP contribution in [0.25, 0.3) is 0 Å². The van der Waals surface area contributed by atoms with Crippen LogP contribution in [0.5, 0.6) is 11.5 Å². The van der Waals surface area contributed by atoms with Crippen LogP contribution in [0.3, 0.4) is 0 Å². The zero-order valence-corrected chi connectivity index (χ0v) is 12.6. The molecule has 0 spiro atoms. The maximum absolute atomic E-state index is 8.60. The van der Waals surface area contributed by atoms with Crippen molar-refractivity contribution in [2.75, 3.05) is 6.26 Å². The lowest BCUT2D eigenvalue weighted by Gasteiger charge is -2.08. The van der Waals surface area contributed by atoms with E-state index in [2.05, 4.69) is 10.3 Å². The smallest absolute Gasteiger partial charge is 0.183 e. The number of amidine groups is 1. The number of ether oxygens (including phenoxy) is 1. The van der Waals surface area contributed by atoms with Gasteiger partial charge in [-0.15, -0.1) is 0 Å². The van der Waals surface area contributed by atoms with E-state index in [0.717, 1.165) is 22.7 Å². The maximum Gasteiger partial charge on any atom is 0.183 e. The molecule has 1 N–H and O–H groups in total. The van der Waals surface area contributed by atoms with Crippen molar-refractivity contribution in [3.63, 3.8) is 0 Å². The van der Waals surface area contributed by atoms with E-state index in [0.29, 0.717) is 5.17 Å². The highest BCUT2D eigenvalue weighted by atomic mass is 32.2. The second-order valence-electron chi connectivity index (χ2n) is 4.22. The van der Waals surface area contributed by atoms with Gasteiger partial charge >= 0.3 is 0 Å². The third kappa shape index (κ3) is 4.26. The summed E-state index contributed by atoms with van der Waals surface area (Å²) in [6.45, 7) is 2.01. The van der Waals surface area contributed by atoms with Crippen LogP contribution in [0.15, 0.2) is 53.5 Å². The Morgan fingerprint density at radius 3 is 2.52 bits per heavy atom. The third-order valence-electron chi connectivity index (χ3n) is 2.74. The Morgan fingerprint density at radius 1 is 1.19 bits per heavy atom. The molecular formula is C16H15N3OS. The molecule has 2 rings (SSSR count). The van der Waals surface area contributed by atoms with Crippen LogP contribution in [-0.2, 0) is 0 Å². The highest BCUT2D eigenvalue weighted by molar-refractivity contribution is 8.13. The van der Waals surface area contributed by atoms with Crippen LogP contribution in [0.1, 0.15) is 5.56 Å². The van der Waals surface area contributed by atoms with Gasteiger partial charge in [0.1, 0.15) is 11.5 Å². The first-order valence-corrected chi connectivity index (χ1v) is 7.56. The summed E-state index contributed by atoms with van der Waals surface area (Å²) in [4.78, 5) is 4.32. The fraction of sp³-hybridized carbons (Fsp3) is 0.125. The van der Waals surface area contributed by atoms with Crippen LogP contribution >= 0.6 is 11.8 Å². The van der Waals surface area contributed by atoms with Gasteiger partial charge in [-0.25, -0.2) is 4.99 Å². The molecule has 5 heteroatoms. The molecule has 0 saturated heterocycles. The van der Waals surface area contributed by atoms with Crippen LogP contribution in [0.2, 0.25) is 0 Å². The summed E-state index contributed by atoms with van der Waals surface area (Å²) in [5, 5.41) is 11.7. The molecule has 106 valence electrons. The lowest BCUT2D eigenvalue weighted by molar-refractivity contribution is 0.479. The Bertz CT molecular complexity index is 675. The van der Waals surface area contributed by atoms with Gasteiger partial charge in [-0.2, -0.15) is 5.26 Å². The zero-order chi connectivity index (χ0) is 15.1. The van der Waals surface area contributed by atoms with Crippen molar-refractivity contribution in [2.24, 2.45) is 4.99 Å². The largest absolute Gasteiger partial charge is 0.457 e. The second-order valence-corrected chi connectivity index (χ2v) is 5.01. The van der Waals surface area contributed by atoms with E-state index in [1.54, 1.807) is 0 Å². The van der Waals surface area contributed by atoms with Crippen molar-refractivity contribution in [2.45, 2.75) is 6.92 Å². The summed E-state index contributed by atoms with van der Waals surface area (Å²) in [5.41, 5.74) is 1.85. The van der Waals surface area contributed by atoms with Gasteiger partial charge in [-0.1, -0.05) is 30.0 Å². The van der Waals surface area contributed by atoms with Crippen molar-refractivity contribution in [3.8, 4) is 17.7 Å². The van der Waals surface area contributed by atoms with Gasteiger partial charge in [-0.3, -0.25) is 5.32 Å². The number of nitriles is 1. The maximum atomic E-state index is 8.60. The fourth-order valence-corrected chi connectivity index (χ4v) is 2.02. The number of hydrogen-bond donors (Lipinski definition) is 1. The number of hydrogen-bond acceptors (Lipinski definition) is 4. The standard InChI is InChI=1S/C16H15N3OS/c1-12-5-3-4-6-15(12)20-14-9-7-13(8-10-14)19-16(21-2)18-11-17/h3-10H,1-2H3,(H,18,19). The van der Waals surface area contributed by atoms with Crippen LogP contribution in [0.4, 0.5) is 5.69 Å². The first kappa shape index (κ1) is 14.9. The summed E-state index contributed by atoms with van der Waals surface area (Å²) < 4.78 is 5.82. The molecule has 0 aromatic heterocycles. The monoisotopic (exact) mass is 297 g/mol. The molecule has 0 aliphatic rings. The lowest BCUT2D eigenvalue weighted by atomic mass is 10.2. The third-order valence-corrected chi connectivity index (χ3v) is 3.32. The second kappa shape index (κ2) is 7.36. The number of aryl methyl sites for hydroxylation is 1. The van der Waals surface area contributed by atoms with E-state index >= 15 is 0 Å². The fourth-order valence-electron chi connectivity index (χ4n) is 1.68. The number of aliphatic imine (C=N–C) groups is 1. The highest BCUT2D eigenvalue weighted by Gasteiger charge is 2.01. The summed E-state index contributed by atoms with van der Waals surface area (Å²) in [6, 6.07) is 15.3. The molecule has 0 fully saturated rings. The number of nitrogens with one attached hydrogen (secondary N) is 1. The van der Waals surface area contributed by atoms with Gasteiger partial charge in [0.15, 0.2) is 11.4 Å². The Morgan fingerprint density at radius 2 is 1.90 bits per heavy atom. The van der Waals surface area contributed by atoms with Crippen LogP contribution in [0, 0.1) is 18.4 Å². The summed E-state index contributed by atoms with van der Waals surface area (Å²) >= 11 is 1.38. The molecule has 0 heterocycles. The van der Waals surface area contributed by atoms with E-state index < -0.39 is 0 Å². The van der Waals surface area contributed by atoms with Gasteiger partial charge in [0.2, 0.25) is 0 Å². The van der Waals surface area contributed by atoms with Gasteiger partial charge < -0.3 is 4.74 Å². The quantitative estimate of drug-likeness (QED) is 0.399. The number of benzene rings is 2. The summed E-state index contributed by atoms with van der Waals surface area (Å²) in [5.74, 6) is 1.59. The summed E-state index contributed by atoms with van der Waals surface area (Å²) in [6.07, 6.45) is 3.72. The zero-order valence-electron chi connectivity index (χ0n) is 11.8. The first-order chi connectivity index (χ1) is 10.2. The van der Waals surface area contributed by atoms with Gasteiger partial charge in [0, 0.05) is 0 Å². The Balaban J connectivity index is 2.13. The van der Waals surface area contributed by atoms with Crippen LogP contribution in [-0.4, -0.2) is 11.4 Å². The Hall–Kier alpha value is -2.45. The average molecular weight is 297 g/mol. The number of nitrogens with zero attached hydrogens (tertiary/aromatic N) is 2. The molecule has 2 aromatic rings. The predicted molar refractivity (Wildman–Crippen MR) is 87.1 cm³/mol. The minimum atomic E-state index is 0.560. The molecule has 2 aromatic carbocycles. The molecule has 0 saturated carbocycles. The SMILES string of the molecule is CSC(=Nc1ccc(Oc2ccccc2C)cc1)NC#N. The van der Waals surface area contributed by atoms with Gasteiger partial charge in [0.05, 0.1) is 5.69 Å². The molecule has 0 radical (unpaired) electrons. The number of para-hydroxylation sites is 1. The lowest BCUT2D eigenvalue weighted by Crippen LogP contribution is -2.12. The van der Waals surface area contributed by atoms with E-state index in [9.17, 15) is 0 Å². The van der Waals surface area contributed by atoms with Crippen molar-refractivity contribution in [1.29, 1.82) is 5.26 Å². The predicted octanol–water partition coefficient (Wildman–Crippen LogP) is 4.21. The molecule has 0 bridgehead atoms. The minimum Gasteiger partial charge on any atom is -0.457 e. The average Bonchev–Trinajstić information content (AvgIpc) is 2.51. The molecule has 4 nitrogen and oxygen atoms in total. The minimum absolute atomic E-state index is 0.560. The molecule has 0 amide bonds. The molecule has 0 atom stereocenters. The van der Waals surface area contributed by atoms with E-state index in [-0.39, 0.29) is 0 Å². The number of rotatable bonds is 3. The van der Waals surface area contributed by atoms with E-state index in [4.69, 9.17) is 10.00 Å². The van der Waals surface area contributed by atoms with Gasteiger partial charge in [0.25, 0.3) is 0 Å². The van der Waals surface area contributed by atoms with Gasteiger partial charge in [-0.05, 0) is 49.1 Å². The van der Waals surface area contributed by atoms with Crippen molar-refractivity contribution < 1.29 is 4.74 Å². The molecule has 21 heavy (non-hydrogen) atoms. The van der Waals surface area contributed by atoms with Crippen molar-refractivity contribution in [1.82, 2.24) is 5.32 Å². The topological polar surface area (TPSA) is 57.4 Å². The highest BCUT2D eigenvalue weighted by Crippen LogP contribution is 2.26.